The molecule has 4 heteroatoms. The number of halogens is 1. The second kappa shape index (κ2) is 5.14. The van der Waals surface area contributed by atoms with E-state index in [-0.39, 0.29) is 5.57 Å². The van der Waals surface area contributed by atoms with Gasteiger partial charge in [0.15, 0.2) is 0 Å². The van der Waals surface area contributed by atoms with Gasteiger partial charge in [-0.2, -0.15) is 0 Å². The number of aryl methyl sites for hydroxylation is 1. The van der Waals surface area contributed by atoms with E-state index in [9.17, 15) is 9.90 Å². The van der Waals surface area contributed by atoms with Crippen molar-refractivity contribution in [2.75, 3.05) is 18.5 Å². The highest BCUT2D eigenvalue weighted by molar-refractivity contribution is 9.10. The van der Waals surface area contributed by atoms with Crippen LogP contribution in [0.25, 0.3) is 6.08 Å². The van der Waals surface area contributed by atoms with Gasteiger partial charge in [-0.25, -0.2) is 0 Å². The van der Waals surface area contributed by atoms with Crippen LogP contribution in [-0.2, 0) is 11.2 Å². The summed E-state index contributed by atoms with van der Waals surface area (Å²) in [6, 6.07) is 4.06. The van der Waals surface area contributed by atoms with Gasteiger partial charge in [0.05, 0.1) is 5.97 Å². The van der Waals surface area contributed by atoms with Crippen molar-refractivity contribution in [1.29, 1.82) is 0 Å². The first-order valence-electron chi connectivity index (χ1n) is 5.92. The third kappa shape index (κ3) is 2.58. The maximum absolute atomic E-state index is 10.8. The molecule has 0 atom stereocenters. The van der Waals surface area contributed by atoms with Crippen molar-refractivity contribution >= 4 is 33.7 Å². The summed E-state index contributed by atoms with van der Waals surface area (Å²) in [6.07, 6.45) is 3.84. The zero-order valence-corrected chi connectivity index (χ0v) is 12.1. The molecule has 1 aromatic carbocycles. The number of anilines is 1. The SMILES string of the molecule is C/C(=C\c1cc(Br)cc2c1N(C)CCC2)C(=O)[O-]. The van der Waals surface area contributed by atoms with E-state index in [1.165, 1.54) is 5.56 Å². The Morgan fingerprint density at radius 2 is 2.22 bits per heavy atom. The average Bonchev–Trinajstić information content (AvgIpc) is 2.28. The lowest BCUT2D eigenvalue weighted by Crippen LogP contribution is -2.26. The van der Waals surface area contributed by atoms with Crippen molar-refractivity contribution in [3.05, 3.63) is 33.3 Å². The molecule has 0 aliphatic carbocycles. The lowest BCUT2D eigenvalue weighted by atomic mass is 9.97. The zero-order valence-electron chi connectivity index (χ0n) is 10.5. The molecular formula is C14H15BrNO2-. The van der Waals surface area contributed by atoms with Gasteiger partial charge in [0.1, 0.15) is 0 Å². The van der Waals surface area contributed by atoms with Gasteiger partial charge in [0.2, 0.25) is 0 Å². The summed E-state index contributed by atoms with van der Waals surface area (Å²) in [7, 11) is 2.04. The highest BCUT2D eigenvalue weighted by Crippen LogP contribution is 2.34. The predicted octanol–water partition coefficient (Wildman–Crippen LogP) is 1.98. The molecule has 0 spiro atoms. The summed E-state index contributed by atoms with van der Waals surface area (Å²) in [5.41, 5.74) is 3.57. The first-order chi connectivity index (χ1) is 8.49. The lowest BCUT2D eigenvalue weighted by Gasteiger charge is -2.29. The molecule has 0 fully saturated rings. The quantitative estimate of drug-likeness (QED) is 0.785. The molecule has 0 amide bonds. The molecule has 0 saturated carbocycles. The summed E-state index contributed by atoms with van der Waals surface area (Å²) in [6.45, 7) is 2.56. The summed E-state index contributed by atoms with van der Waals surface area (Å²) < 4.78 is 0.981. The number of carbonyl (C=O) groups is 1. The van der Waals surface area contributed by atoms with E-state index >= 15 is 0 Å². The summed E-state index contributed by atoms with van der Waals surface area (Å²) in [4.78, 5) is 13.0. The van der Waals surface area contributed by atoms with Gasteiger partial charge in [-0.1, -0.05) is 15.9 Å². The fourth-order valence-electron chi connectivity index (χ4n) is 2.36. The summed E-state index contributed by atoms with van der Waals surface area (Å²) in [5, 5.41) is 10.8. The Bertz CT molecular complexity index is 523. The zero-order chi connectivity index (χ0) is 13.3. The molecule has 0 unspecified atom stereocenters. The number of carboxylic acid groups (broad SMARTS) is 1. The van der Waals surface area contributed by atoms with Gasteiger partial charge in [0.25, 0.3) is 0 Å². The van der Waals surface area contributed by atoms with Crippen LogP contribution in [0.2, 0.25) is 0 Å². The smallest absolute Gasteiger partial charge is 0.0672 e. The third-order valence-corrected chi connectivity index (χ3v) is 3.66. The largest absolute Gasteiger partial charge is 0.545 e. The van der Waals surface area contributed by atoms with Gasteiger partial charge >= 0.3 is 0 Å². The Hall–Kier alpha value is -1.29. The minimum Gasteiger partial charge on any atom is -0.545 e. The first kappa shape index (κ1) is 13.1. The second-order valence-electron chi connectivity index (χ2n) is 4.64. The van der Waals surface area contributed by atoms with E-state index in [4.69, 9.17) is 0 Å². The number of rotatable bonds is 2. The van der Waals surface area contributed by atoms with Gasteiger partial charge in [-0.05, 0) is 54.7 Å². The van der Waals surface area contributed by atoms with Gasteiger partial charge in [0, 0.05) is 23.8 Å². The minimum absolute atomic E-state index is 0.245. The predicted molar refractivity (Wildman–Crippen MR) is 74.4 cm³/mol. The Kier molecular flexibility index (Phi) is 3.76. The fraction of sp³-hybridized carbons (Fsp3) is 0.357. The van der Waals surface area contributed by atoms with Crippen molar-refractivity contribution in [2.45, 2.75) is 19.8 Å². The minimum atomic E-state index is -1.12. The number of carbonyl (C=O) groups excluding carboxylic acids is 1. The van der Waals surface area contributed by atoms with Crippen LogP contribution in [0.4, 0.5) is 5.69 Å². The standard InChI is InChI=1S/C14H16BrNO2/c1-9(14(17)18)6-11-8-12(15)7-10-4-3-5-16(2)13(10)11/h6-8H,3-5H2,1-2H3,(H,17,18)/p-1/b9-6+. The molecule has 18 heavy (non-hydrogen) atoms. The number of benzene rings is 1. The van der Waals surface area contributed by atoms with E-state index in [0.29, 0.717) is 0 Å². The highest BCUT2D eigenvalue weighted by Gasteiger charge is 2.17. The Balaban J connectivity index is 2.56. The van der Waals surface area contributed by atoms with Gasteiger partial charge in [-0.3, -0.25) is 0 Å². The maximum atomic E-state index is 10.8. The second-order valence-corrected chi connectivity index (χ2v) is 5.56. The molecule has 0 saturated heterocycles. The Labute approximate surface area is 115 Å². The summed E-state index contributed by atoms with van der Waals surface area (Å²) >= 11 is 3.48. The third-order valence-electron chi connectivity index (χ3n) is 3.20. The van der Waals surface area contributed by atoms with E-state index < -0.39 is 5.97 Å². The number of hydrogen-bond donors (Lipinski definition) is 0. The fourth-order valence-corrected chi connectivity index (χ4v) is 2.88. The number of hydrogen-bond acceptors (Lipinski definition) is 3. The van der Waals surface area contributed by atoms with Crippen molar-refractivity contribution in [3.8, 4) is 0 Å². The van der Waals surface area contributed by atoms with Gasteiger partial charge < -0.3 is 14.8 Å². The van der Waals surface area contributed by atoms with Crippen molar-refractivity contribution in [1.82, 2.24) is 0 Å². The van der Waals surface area contributed by atoms with Gasteiger partial charge in [-0.15, -0.1) is 0 Å². The molecule has 2 rings (SSSR count). The van der Waals surface area contributed by atoms with E-state index in [1.807, 2.05) is 13.1 Å². The molecule has 0 radical (unpaired) electrons. The monoisotopic (exact) mass is 308 g/mol. The summed E-state index contributed by atoms with van der Waals surface area (Å²) in [5.74, 6) is -1.12. The van der Waals surface area contributed by atoms with Crippen LogP contribution in [0.1, 0.15) is 24.5 Å². The molecule has 1 aliphatic heterocycles. The number of aliphatic carboxylic acids is 1. The van der Waals surface area contributed by atoms with Crippen LogP contribution in [0.3, 0.4) is 0 Å². The molecular weight excluding hydrogens is 294 g/mol. The van der Waals surface area contributed by atoms with Crippen LogP contribution in [0.15, 0.2) is 22.2 Å². The maximum Gasteiger partial charge on any atom is 0.0672 e. The van der Waals surface area contributed by atoms with Crippen molar-refractivity contribution in [3.63, 3.8) is 0 Å². The van der Waals surface area contributed by atoms with Crippen LogP contribution in [0.5, 0.6) is 0 Å². The molecule has 1 aliphatic rings. The molecule has 1 aromatic rings. The normalized spacial score (nSPS) is 15.5. The number of carboxylic acids is 1. The highest BCUT2D eigenvalue weighted by atomic mass is 79.9. The number of fused-ring (bicyclic) bond motifs is 1. The van der Waals surface area contributed by atoms with Crippen LogP contribution >= 0.6 is 15.9 Å². The first-order valence-corrected chi connectivity index (χ1v) is 6.71. The molecule has 0 N–H and O–H groups in total. The lowest BCUT2D eigenvalue weighted by molar-refractivity contribution is -0.299. The molecule has 1 heterocycles. The average molecular weight is 309 g/mol. The molecule has 0 bridgehead atoms. The van der Waals surface area contributed by atoms with Crippen molar-refractivity contribution in [2.24, 2.45) is 0 Å². The van der Waals surface area contributed by atoms with E-state index in [1.54, 1.807) is 13.0 Å². The van der Waals surface area contributed by atoms with Crippen LogP contribution in [0, 0.1) is 0 Å². The van der Waals surface area contributed by atoms with E-state index in [0.717, 1.165) is 35.1 Å². The molecule has 96 valence electrons. The van der Waals surface area contributed by atoms with Crippen LogP contribution < -0.4 is 10.0 Å². The Morgan fingerprint density at radius 1 is 1.50 bits per heavy atom. The molecule has 0 aromatic heterocycles. The Morgan fingerprint density at radius 3 is 2.89 bits per heavy atom. The number of nitrogens with zero attached hydrogens (tertiary/aromatic N) is 1. The van der Waals surface area contributed by atoms with Crippen molar-refractivity contribution < 1.29 is 9.90 Å². The van der Waals surface area contributed by atoms with E-state index in [2.05, 4.69) is 26.9 Å². The topological polar surface area (TPSA) is 43.4 Å². The van der Waals surface area contributed by atoms with Crippen LogP contribution in [-0.4, -0.2) is 19.6 Å². The molecule has 3 nitrogen and oxygen atoms in total.